The first-order chi connectivity index (χ1) is 8.56. The fourth-order valence-electron chi connectivity index (χ4n) is 2.15. The predicted molar refractivity (Wildman–Crippen MR) is 73.6 cm³/mol. The van der Waals surface area contributed by atoms with Crippen LogP contribution in [0, 0.1) is 0 Å². The summed E-state index contributed by atoms with van der Waals surface area (Å²) in [6.07, 6.45) is 14.2. The molecule has 0 atom stereocenters. The number of rotatable bonds is 13. The smallest absolute Gasteiger partial charge is 0.0250 e. The van der Waals surface area contributed by atoms with Gasteiger partial charge in [-0.3, -0.25) is 0 Å². The van der Waals surface area contributed by atoms with Crippen molar-refractivity contribution in [2.24, 2.45) is 0 Å². The van der Waals surface area contributed by atoms with Crippen molar-refractivity contribution in [2.45, 2.75) is 84.0 Å². The molecule has 3 nitrogen and oxygen atoms in total. The molecule has 0 amide bonds. The van der Waals surface area contributed by atoms with Crippen molar-refractivity contribution in [3.05, 3.63) is 0 Å². The molecule has 0 radical (unpaired) electrons. The summed E-state index contributed by atoms with van der Waals surface area (Å²) in [4.78, 5) is 20.8. The van der Waals surface area contributed by atoms with Crippen LogP contribution in [0.4, 0.5) is 0 Å². The minimum atomic E-state index is -4.25. The van der Waals surface area contributed by atoms with Crippen LogP contribution < -0.4 is 9.79 Å². The van der Waals surface area contributed by atoms with E-state index in [1.165, 1.54) is 57.8 Å². The second kappa shape index (κ2) is 12.2. The van der Waals surface area contributed by atoms with Gasteiger partial charge in [0.2, 0.25) is 0 Å². The highest BCUT2D eigenvalue weighted by molar-refractivity contribution is 7.48. The first-order valence-corrected chi connectivity index (χ1v) is 9.30. The van der Waals surface area contributed by atoms with Gasteiger partial charge in [0, 0.05) is 0 Å². The van der Waals surface area contributed by atoms with Crippen LogP contribution in [0.25, 0.3) is 0 Å². The van der Waals surface area contributed by atoms with E-state index < -0.39 is 7.60 Å². The predicted octanol–water partition coefficient (Wildman–Crippen LogP) is 3.60. The Hall–Kier alpha value is 0.150. The molecule has 18 heavy (non-hydrogen) atoms. The van der Waals surface area contributed by atoms with Gasteiger partial charge in [0.25, 0.3) is 0 Å². The molecule has 0 rings (SSSR count). The van der Waals surface area contributed by atoms with Crippen LogP contribution >= 0.6 is 7.60 Å². The molecule has 0 aromatic heterocycles. The van der Waals surface area contributed by atoms with E-state index in [1.54, 1.807) is 0 Å². The first-order valence-electron chi connectivity index (χ1n) is 7.57. The molecule has 0 aromatic rings. The largest absolute Gasteiger partial charge is 0.811 e. The fraction of sp³-hybridized carbons (Fsp3) is 1.00. The Kier molecular flexibility index (Phi) is 12.3. The highest BCUT2D eigenvalue weighted by Crippen LogP contribution is 2.25. The molecule has 0 bridgehead atoms. The Labute approximate surface area is 113 Å². The quantitative estimate of drug-likeness (QED) is 0.381. The van der Waals surface area contributed by atoms with Crippen LogP contribution in [0.2, 0.25) is 0 Å². The SMILES string of the molecule is CCCCCCCCCCCCCCP(=O)([O-])[O-]. The molecule has 0 saturated carbocycles. The molecule has 0 N–H and O–H groups in total. The standard InChI is InChI=1S/C14H31O3P/c1-2-3-4-5-6-7-8-9-10-11-12-13-14-18(15,16)17/h2-14H2,1H3,(H2,15,16,17)/p-2. The highest BCUT2D eigenvalue weighted by atomic mass is 31.2. The van der Waals surface area contributed by atoms with Crippen LogP contribution in [0.5, 0.6) is 0 Å². The van der Waals surface area contributed by atoms with Gasteiger partial charge in [-0.15, -0.1) is 0 Å². The second-order valence-electron chi connectivity index (χ2n) is 5.22. The van der Waals surface area contributed by atoms with E-state index >= 15 is 0 Å². The van der Waals surface area contributed by atoms with Crippen LogP contribution in [0.15, 0.2) is 0 Å². The lowest BCUT2D eigenvalue weighted by molar-refractivity contribution is -0.313. The Morgan fingerprint density at radius 1 is 0.667 bits per heavy atom. The summed E-state index contributed by atoms with van der Waals surface area (Å²) in [5.41, 5.74) is 0. The molecule has 0 aliphatic rings. The Bertz CT molecular complexity index is 213. The Morgan fingerprint density at radius 2 is 1.00 bits per heavy atom. The van der Waals surface area contributed by atoms with Gasteiger partial charge in [-0.2, -0.15) is 0 Å². The molecule has 0 spiro atoms. The maximum Gasteiger partial charge on any atom is -0.0250 e. The normalized spacial score (nSPS) is 11.9. The Morgan fingerprint density at radius 3 is 1.33 bits per heavy atom. The summed E-state index contributed by atoms with van der Waals surface area (Å²) >= 11 is 0. The summed E-state index contributed by atoms with van der Waals surface area (Å²) in [7, 11) is -4.25. The molecule has 4 heteroatoms. The van der Waals surface area contributed by atoms with E-state index in [9.17, 15) is 14.4 Å². The van der Waals surface area contributed by atoms with Gasteiger partial charge < -0.3 is 14.4 Å². The average Bonchev–Trinajstić information content (AvgIpc) is 2.29. The molecule has 0 aromatic carbocycles. The summed E-state index contributed by atoms with van der Waals surface area (Å²) in [5, 5.41) is 0. The zero-order valence-electron chi connectivity index (χ0n) is 11.9. The number of hydrogen-bond acceptors (Lipinski definition) is 3. The van der Waals surface area contributed by atoms with Gasteiger partial charge in [-0.1, -0.05) is 85.1 Å². The van der Waals surface area contributed by atoms with E-state index in [0.717, 1.165) is 12.8 Å². The monoisotopic (exact) mass is 276 g/mol. The van der Waals surface area contributed by atoms with Gasteiger partial charge in [-0.25, -0.2) is 0 Å². The molecule has 0 aliphatic heterocycles. The Balaban J connectivity index is 3.01. The number of hydrogen-bond donors (Lipinski definition) is 0. The fourth-order valence-corrected chi connectivity index (χ4v) is 2.76. The van der Waals surface area contributed by atoms with E-state index in [2.05, 4.69) is 6.92 Å². The first kappa shape index (κ1) is 18.1. The summed E-state index contributed by atoms with van der Waals surface area (Å²) < 4.78 is 10.4. The van der Waals surface area contributed by atoms with Gasteiger partial charge in [0.05, 0.1) is 0 Å². The van der Waals surface area contributed by atoms with Crippen LogP contribution in [0.3, 0.4) is 0 Å². The van der Waals surface area contributed by atoms with Crippen molar-refractivity contribution in [3.63, 3.8) is 0 Å². The second-order valence-corrected chi connectivity index (χ2v) is 6.89. The van der Waals surface area contributed by atoms with Crippen molar-refractivity contribution in [2.75, 3.05) is 6.16 Å². The van der Waals surface area contributed by atoms with Crippen LogP contribution in [-0.2, 0) is 4.57 Å². The summed E-state index contributed by atoms with van der Waals surface area (Å²) in [5.74, 6) is 0. The summed E-state index contributed by atoms with van der Waals surface area (Å²) in [6.45, 7) is 2.23. The molecule has 0 fully saturated rings. The van der Waals surface area contributed by atoms with E-state index in [1.807, 2.05) is 0 Å². The van der Waals surface area contributed by atoms with Crippen molar-refractivity contribution in [1.82, 2.24) is 0 Å². The van der Waals surface area contributed by atoms with Gasteiger partial charge >= 0.3 is 0 Å². The van der Waals surface area contributed by atoms with E-state index in [0.29, 0.717) is 6.42 Å². The topological polar surface area (TPSA) is 63.2 Å². The van der Waals surface area contributed by atoms with Crippen molar-refractivity contribution < 1.29 is 14.4 Å². The minimum Gasteiger partial charge on any atom is -0.811 e. The van der Waals surface area contributed by atoms with Crippen molar-refractivity contribution in [3.8, 4) is 0 Å². The van der Waals surface area contributed by atoms with E-state index in [4.69, 9.17) is 0 Å². The van der Waals surface area contributed by atoms with Crippen molar-refractivity contribution >= 4 is 7.60 Å². The van der Waals surface area contributed by atoms with Crippen LogP contribution in [-0.4, -0.2) is 6.16 Å². The molecule has 0 unspecified atom stereocenters. The minimum absolute atomic E-state index is 0.162. The van der Waals surface area contributed by atoms with Gasteiger partial charge in [-0.05, 0) is 12.6 Å². The lowest BCUT2D eigenvalue weighted by atomic mass is 10.1. The zero-order valence-corrected chi connectivity index (χ0v) is 12.8. The third kappa shape index (κ3) is 16.1. The zero-order chi connectivity index (χ0) is 13.7. The van der Waals surface area contributed by atoms with E-state index in [-0.39, 0.29) is 6.16 Å². The molecule has 0 aliphatic carbocycles. The number of unbranched alkanes of at least 4 members (excludes halogenated alkanes) is 11. The molecular weight excluding hydrogens is 247 g/mol. The molecule has 0 saturated heterocycles. The molecule has 110 valence electrons. The third-order valence-electron chi connectivity index (χ3n) is 3.29. The lowest BCUT2D eigenvalue weighted by Gasteiger charge is -2.29. The van der Waals surface area contributed by atoms with Gasteiger partial charge in [0.15, 0.2) is 0 Å². The average molecular weight is 276 g/mol. The van der Waals surface area contributed by atoms with Crippen molar-refractivity contribution in [1.29, 1.82) is 0 Å². The lowest BCUT2D eigenvalue weighted by Crippen LogP contribution is -2.16. The highest BCUT2D eigenvalue weighted by Gasteiger charge is 1.94. The summed E-state index contributed by atoms with van der Waals surface area (Å²) in [6, 6.07) is 0. The third-order valence-corrected chi connectivity index (χ3v) is 4.15. The molecule has 0 heterocycles. The maximum atomic E-state index is 10.4. The molecular formula is C14H29O3P-2. The van der Waals surface area contributed by atoms with Gasteiger partial charge in [0.1, 0.15) is 0 Å². The maximum absolute atomic E-state index is 10.4. The van der Waals surface area contributed by atoms with Crippen LogP contribution in [0.1, 0.15) is 84.0 Å².